The Morgan fingerprint density at radius 3 is 2.31 bits per heavy atom. The molecule has 4 aromatic rings. The zero-order valence-electron chi connectivity index (χ0n) is 16.0. The van der Waals surface area contributed by atoms with Gasteiger partial charge in [-0.25, -0.2) is 0 Å². The van der Waals surface area contributed by atoms with Crippen LogP contribution in [0, 0.1) is 6.92 Å². The molecule has 0 radical (unpaired) electrons. The van der Waals surface area contributed by atoms with Crippen molar-refractivity contribution in [2.45, 2.75) is 6.92 Å². The van der Waals surface area contributed by atoms with Gasteiger partial charge in [0.25, 0.3) is 5.91 Å². The van der Waals surface area contributed by atoms with Gasteiger partial charge in [0.05, 0.1) is 23.9 Å². The molecule has 2 heterocycles. The van der Waals surface area contributed by atoms with Gasteiger partial charge < -0.3 is 14.8 Å². The van der Waals surface area contributed by atoms with Gasteiger partial charge in [-0.05, 0) is 61.5 Å². The Balaban J connectivity index is 1.51. The summed E-state index contributed by atoms with van der Waals surface area (Å²) in [5.74, 6) is 1.89. The molecule has 4 rings (SSSR count). The first-order valence-corrected chi connectivity index (χ1v) is 9.07. The molecule has 0 unspecified atom stereocenters. The first-order chi connectivity index (χ1) is 14.1. The number of hydrogen-bond donors (Lipinski definition) is 1. The summed E-state index contributed by atoms with van der Waals surface area (Å²) in [4.78, 5) is 21.3. The fourth-order valence-corrected chi connectivity index (χ4v) is 2.95. The predicted octanol–water partition coefficient (Wildman–Crippen LogP) is 4.99. The van der Waals surface area contributed by atoms with Gasteiger partial charge >= 0.3 is 0 Å². The van der Waals surface area contributed by atoms with Gasteiger partial charge in [-0.2, -0.15) is 0 Å². The van der Waals surface area contributed by atoms with Gasteiger partial charge in [-0.3, -0.25) is 14.8 Å². The Labute approximate surface area is 168 Å². The second-order valence-electron chi connectivity index (χ2n) is 6.44. The maximum absolute atomic E-state index is 12.8. The fourth-order valence-electron chi connectivity index (χ4n) is 2.95. The van der Waals surface area contributed by atoms with E-state index in [0.717, 1.165) is 16.7 Å². The van der Waals surface area contributed by atoms with Gasteiger partial charge in [-0.1, -0.05) is 0 Å². The molecule has 0 aliphatic rings. The van der Waals surface area contributed by atoms with Gasteiger partial charge in [0.1, 0.15) is 17.2 Å². The fraction of sp³-hybridized carbons (Fsp3) is 0.0870. The van der Waals surface area contributed by atoms with Gasteiger partial charge in [0, 0.05) is 29.5 Å². The summed E-state index contributed by atoms with van der Waals surface area (Å²) in [5.41, 5.74) is 2.64. The van der Waals surface area contributed by atoms with Crippen LogP contribution < -0.4 is 14.8 Å². The van der Waals surface area contributed by atoms with Crippen LogP contribution in [0.15, 0.2) is 73.1 Å². The largest absolute Gasteiger partial charge is 0.497 e. The lowest BCUT2D eigenvalue weighted by Crippen LogP contribution is -2.14. The first kappa shape index (κ1) is 18.4. The van der Waals surface area contributed by atoms with Crippen molar-refractivity contribution in [1.82, 2.24) is 9.97 Å². The van der Waals surface area contributed by atoms with Crippen molar-refractivity contribution in [3.63, 3.8) is 0 Å². The van der Waals surface area contributed by atoms with Gasteiger partial charge in [0.15, 0.2) is 0 Å². The van der Waals surface area contributed by atoms with Crippen molar-refractivity contribution in [2.24, 2.45) is 0 Å². The molecule has 2 aromatic heterocycles. The van der Waals surface area contributed by atoms with Gasteiger partial charge in [0.2, 0.25) is 0 Å². The average molecular weight is 385 g/mol. The third kappa shape index (κ3) is 4.16. The Kier molecular flexibility index (Phi) is 5.07. The highest BCUT2D eigenvalue weighted by atomic mass is 16.5. The van der Waals surface area contributed by atoms with Gasteiger partial charge in [-0.15, -0.1) is 0 Å². The number of methoxy groups -OCH3 is 1. The molecule has 0 atom stereocenters. The number of fused-ring (bicyclic) bond motifs is 1. The number of carbonyl (C=O) groups excluding carboxylic acids is 1. The minimum Gasteiger partial charge on any atom is -0.497 e. The topological polar surface area (TPSA) is 73.3 Å². The molecule has 0 saturated carbocycles. The number of carbonyl (C=O) groups is 1. The number of amides is 1. The number of ether oxygens (including phenoxy) is 2. The van der Waals surface area contributed by atoms with Crippen LogP contribution in [0.1, 0.15) is 16.1 Å². The lowest BCUT2D eigenvalue weighted by molar-refractivity contribution is 0.102. The SMILES string of the molecule is COc1ccc2cc(C(=O)Nc3ccc(Oc4ccncc4)cc3)c(C)nc2c1. The Hall–Kier alpha value is -3.93. The van der Waals surface area contributed by atoms with E-state index in [1.165, 1.54) is 0 Å². The van der Waals surface area contributed by atoms with E-state index < -0.39 is 0 Å². The molecule has 1 amide bonds. The molecule has 0 aliphatic carbocycles. The third-order valence-corrected chi connectivity index (χ3v) is 4.46. The van der Waals surface area contributed by atoms with Crippen molar-refractivity contribution in [1.29, 1.82) is 0 Å². The summed E-state index contributed by atoms with van der Waals surface area (Å²) in [6.07, 6.45) is 3.33. The van der Waals surface area contributed by atoms with Crippen molar-refractivity contribution >= 4 is 22.5 Å². The molecule has 2 aromatic carbocycles. The van der Waals surface area contributed by atoms with Crippen LogP contribution in [0.3, 0.4) is 0 Å². The number of pyridine rings is 2. The number of nitrogens with one attached hydrogen (secondary N) is 1. The predicted molar refractivity (Wildman–Crippen MR) is 112 cm³/mol. The minimum atomic E-state index is -0.212. The molecule has 29 heavy (non-hydrogen) atoms. The first-order valence-electron chi connectivity index (χ1n) is 9.07. The van der Waals surface area contributed by atoms with E-state index in [2.05, 4.69) is 15.3 Å². The summed E-state index contributed by atoms with van der Waals surface area (Å²) in [6, 6.07) is 18.2. The summed E-state index contributed by atoms with van der Waals surface area (Å²) in [5, 5.41) is 3.79. The van der Waals surface area contributed by atoms with Crippen LogP contribution in [0.5, 0.6) is 17.2 Å². The maximum atomic E-state index is 12.8. The van der Waals surface area contributed by atoms with E-state index in [9.17, 15) is 4.79 Å². The summed E-state index contributed by atoms with van der Waals surface area (Å²) in [7, 11) is 1.61. The van der Waals surface area contributed by atoms with Crippen LogP contribution in [-0.2, 0) is 0 Å². The number of aryl methyl sites for hydroxylation is 1. The number of hydrogen-bond acceptors (Lipinski definition) is 5. The standard InChI is InChI=1S/C23H19N3O3/c1-15-21(13-16-3-6-20(28-2)14-22(16)25-15)23(27)26-17-4-7-18(8-5-17)29-19-9-11-24-12-10-19/h3-14H,1-2H3,(H,26,27). The molecule has 0 saturated heterocycles. The molecule has 0 bridgehead atoms. The van der Waals surface area contributed by atoms with Crippen LogP contribution in [0.4, 0.5) is 5.69 Å². The molecule has 6 heteroatoms. The van der Waals surface area contributed by atoms with E-state index in [4.69, 9.17) is 9.47 Å². The summed E-state index contributed by atoms with van der Waals surface area (Å²) in [6.45, 7) is 1.82. The quantitative estimate of drug-likeness (QED) is 0.524. The summed E-state index contributed by atoms with van der Waals surface area (Å²) >= 11 is 0. The van der Waals surface area contributed by atoms with E-state index >= 15 is 0 Å². The van der Waals surface area contributed by atoms with E-state index in [1.807, 2.05) is 31.2 Å². The lowest BCUT2D eigenvalue weighted by atomic mass is 10.1. The minimum absolute atomic E-state index is 0.212. The number of benzene rings is 2. The second-order valence-corrected chi connectivity index (χ2v) is 6.44. The maximum Gasteiger partial charge on any atom is 0.257 e. The number of rotatable bonds is 5. The Morgan fingerprint density at radius 1 is 0.897 bits per heavy atom. The third-order valence-electron chi connectivity index (χ3n) is 4.46. The van der Waals surface area contributed by atoms with Crippen LogP contribution in [-0.4, -0.2) is 23.0 Å². The highest BCUT2D eigenvalue weighted by Crippen LogP contribution is 2.24. The van der Waals surface area contributed by atoms with Crippen LogP contribution in [0.2, 0.25) is 0 Å². The Morgan fingerprint density at radius 2 is 1.59 bits per heavy atom. The Bertz CT molecular complexity index is 1160. The summed E-state index contributed by atoms with van der Waals surface area (Å²) < 4.78 is 11.0. The zero-order valence-corrected chi connectivity index (χ0v) is 16.0. The van der Waals surface area contributed by atoms with Crippen molar-refractivity contribution in [2.75, 3.05) is 12.4 Å². The lowest BCUT2D eigenvalue weighted by Gasteiger charge is -2.10. The number of nitrogens with zero attached hydrogens (tertiary/aromatic N) is 2. The van der Waals surface area contributed by atoms with Crippen molar-refractivity contribution in [3.8, 4) is 17.2 Å². The molecular formula is C23H19N3O3. The highest BCUT2D eigenvalue weighted by molar-refractivity contribution is 6.06. The number of anilines is 1. The smallest absolute Gasteiger partial charge is 0.257 e. The molecule has 0 fully saturated rings. The molecule has 1 N–H and O–H groups in total. The molecule has 144 valence electrons. The van der Waals surface area contributed by atoms with Crippen LogP contribution in [0.25, 0.3) is 10.9 Å². The molecule has 0 aliphatic heterocycles. The van der Waals surface area contributed by atoms with E-state index in [0.29, 0.717) is 28.4 Å². The normalized spacial score (nSPS) is 10.6. The van der Waals surface area contributed by atoms with Crippen molar-refractivity contribution < 1.29 is 14.3 Å². The molecule has 0 spiro atoms. The monoisotopic (exact) mass is 385 g/mol. The average Bonchev–Trinajstić information content (AvgIpc) is 2.75. The van der Waals surface area contributed by atoms with Crippen LogP contribution >= 0.6 is 0 Å². The second kappa shape index (κ2) is 7.98. The van der Waals surface area contributed by atoms with Crippen molar-refractivity contribution in [3.05, 3.63) is 84.3 Å². The highest BCUT2D eigenvalue weighted by Gasteiger charge is 2.13. The molecular weight excluding hydrogens is 366 g/mol. The van der Waals surface area contributed by atoms with E-state index in [1.54, 1.807) is 55.9 Å². The zero-order chi connectivity index (χ0) is 20.2. The number of aromatic nitrogens is 2. The van der Waals surface area contributed by atoms with E-state index in [-0.39, 0.29) is 5.91 Å². The molecule has 6 nitrogen and oxygen atoms in total.